The highest BCUT2D eigenvalue weighted by Crippen LogP contribution is 2.15. The van der Waals surface area contributed by atoms with Gasteiger partial charge in [0.25, 0.3) is 5.91 Å². The highest BCUT2D eigenvalue weighted by molar-refractivity contribution is 5.94. The third-order valence-electron chi connectivity index (χ3n) is 2.67. The second-order valence-corrected chi connectivity index (χ2v) is 4.07. The number of nitrogens with one attached hydrogen (secondary N) is 1. The highest BCUT2D eigenvalue weighted by atomic mass is 19.2. The van der Waals surface area contributed by atoms with Gasteiger partial charge in [0.2, 0.25) is 0 Å². The van der Waals surface area contributed by atoms with Crippen molar-refractivity contribution >= 4 is 5.91 Å². The Hall–Kier alpha value is -2.50. The smallest absolute Gasteiger partial charge is 0.254 e. The van der Waals surface area contributed by atoms with Crippen LogP contribution in [0.1, 0.15) is 15.9 Å². The summed E-state index contributed by atoms with van der Waals surface area (Å²) in [6.45, 7) is 0.0670. The van der Waals surface area contributed by atoms with E-state index in [-0.39, 0.29) is 12.3 Å². The fourth-order valence-electron chi connectivity index (χ4n) is 1.59. The van der Waals surface area contributed by atoms with Crippen molar-refractivity contribution in [3.8, 4) is 5.75 Å². The summed E-state index contributed by atoms with van der Waals surface area (Å²) in [7, 11) is 0. The zero-order valence-electron chi connectivity index (χ0n) is 10.2. The third kappa shape index (κ3) is 2.90. The van der Waals surface area contributed by atoms with Crippen LogP contribution in [0.25, 0.3) is 0 Å². The lowest BCUT2D eigenvalue weighted by Crippen LogP contribution is -2.24. The topological polar surface area (TPSA) is 49.3 Å². The monoisotopic (exact) mass is 281 g/mol. The number of carbonyl (C=O) groups excluding carboxylic acids is 1. The molecule has 0 fully saturated rings. The molecule has 0 saturated carbocycles. The van der Waals surface area contributed by atoms with Gasteiger partial charge in [0.15, 0.2) is 17.5 Å². The van der Waals surface area contributed by atoms with Crippen LogP contribution in [0.5, 0.6) is 5.75 Å². The number of benzene rings is 2. The van der Waals surface area contributed by atoms with Crippen molar-refractivity contribution in [2.75, 3.05) is 0 Å². The van der Waals surface area contributed by atoms with Gasteiger partial charge in [0.1, 0.15) is 5.75 Å². The van der Waals surface area contributed by atoms with Gasteiger partial charge in [-0.25, -0.2) is 13.2 Å². The van der Waals surface area contributed by atoms with Gasteiger partial charge in [-0.05, 0) is 29.8 Å². The average Bonchev–Trinajstić information content (AvgIpc) is 2.44. The number of halogens is 3. The quantitative estimate of drug-likeness (QED) is 0.850. The summed E-state index contributed by atoms with van der Waals surface area (Å²) in [5.41, 5.74) is 0.0989. The van der Waals surface area contributed by atoms with Crippen LogP contribution >= 0.6 is 0 Å². The molecule has 0 aliphatic rings. The van der Waals surface area contributed by atoms with Gasteiger partial charge >= 0.3 is 0 Å². The van der Waals surface area contributed by atoms with Gasteiger partial charge in [-0.2, -0.15) is 0 Å². The molecule has 0 heterocycles. The third-order valence-corrected chi connectivity index (χ3v) is 2.67. The SMILES string of the molecule is O=C(NCc1ccc(O)cc1)c1ccc(F)c(F)c1F. The highest BCUT2D eigenvalue weighted by Gasteiger charge is 2.18. The van der Waals surface area contributed by atoms with E-state index in [4.69, 9.17) is 5.11 Å². The van der Waals surface area contributed by atoms with Gasteiger partial charge in [-0.15, -0.1) is 0 Å². The maximum Gasteiger partial charge on any atom is 0.254 e. The number of hydrogen-bond acceptors (Lipinski definition) is 2. The number of aromatic hydroxyl groups is 1. The lowest BCUT2D eigenvalue weighted by Gasteiger charge is -2.07. The normalized spacial score (nSPS) is 10.3. The van der Waals surface area contributed by atoms with E-state index in [1.807, 2.05) is 0 Å². The minimum Gasteiger partial charge on any atom is -0.508 e. The minimum absolute atomic E-state index is 0.0670. The number of rotatable bonds is 3. The Balaban J connectivity index is 2.09. The number of phenolic OH excluding ortho intramolecular Hbond substituents is 1. The van der Waals surface area contributed by atoms with Crippen LogP contribution in [0.15, 0.2) is 36.4 Å². The Morgan fingerprint density at radius 3 is 2.30 bits per heavy atom. The van der Waals surface area contributed by atoms with Crippen molar-refractivity contribution in [1.29, 1.82) is 0 Å². The Bertz CT molecular complexity index is 642. The largest absolute Gasteiger partial charge is 0.508 e. The zero-order valence-corrected chi connectivity index (χ0v) is 10.2. The van der Waals surface area contributed by atoms with Crippen molar-refractivity contribution < 1.29 is 23.1 Å². The molecule has 1 amide bonds. The molecule has 2 N–H and O–H groups in total. The first-order chi connectivity index (χ1) is 9.49. The predicted molar refractivity (Wildman–Crippen MR) is 65.6 cm³/mol. The standard InChI is InChI=1S/C14H10F3NO2/c15-11-6-5-10(12(16)13(11)17)14(20)18-7-8-1-3-9(19)4-2-8/h1-6,19H,7H2,(H,18,20). The molecule has 0 saturated heterocycles. The molecule has 2 rings (SSSR count). The molecular formula is C14H10F3NO2. The number of carbonyl (C=O) groups is 1. The van der Waals surface area contributed by atoms with E-state index in [2.05, 4.69) is 5.32 Å². The van der Waals surface area contributed by atoms with Gasteiger partial charge < -0.3 is 10.4 Å². The van der Waals surface area contributed by atoms with Gasteiger partial charge in [0, 0.05) is 6.54 Å². The van der Waals surface area contributed by atoms with Gasteiger partial charge in [-0.1, -0.05) is 12.1 Å². The van der Waals surface area contributed by atoms with Gasteiger partial charge in [0.05, 0.1) is 5.56 Å². The summed E-state index contributed by atoms with van der Waals surface area (Å²) in [5, 5.41) is 11.5. The lowest BCUT2D eigenvalue weighted by atomic mass is 10.1. The van der Waals surface area contributed by atoms with E-state index in [0.29, 0.717) is 11.6 Å². The molecule has 2 aromatic carbocycles. The number of phenols is 1. The first-order valence-corrected chi connectivity index (χ1v) is 5.68. The number of hydrogen-bond donors (Lipinski definition) is 2. The first kappa shape index (κ1) is 13.9. The first-order valence-electron chi connectivity index (χ1n) is 5.68. The second-order valence-electron chi connectivity index (χ2n) is 4.07. The molecule has 6 heteroatoms. The van der Waals surface area contributed by atoms with Crippen LogP contribution in [-0.4, -0.2) is 11.0 Å². The Morgan fingerprint density at radius 1 is 1.00 bits per heavy atom. The summed E-state index contributed by atoms with van der Waals surface area (Å²) < 4.78 is 39.1. The molecule has 0 atom stereocenters. The van der Waals surface area contributed by atoms with E-state index in [1.54, 1.807) is 12.1 Å². The molecule has 104 valence electrons. The maximum atomic E-state index is 13.4. The lowest BCUT2D eigenvalue weighted by molar-refractivity contribution is 0.0945. The van der Waals surface area contributed by atoms with Crippen LogP contribution in [0, 0.1) is 17.5 Å². The van der Waals surface area contributed by atoms with E-state index in [9.17, 15) is 18.0 Å². The Labute approximate surface area is 112 Å². The maximum absolute atomic E-state index is 13.4. The van der Waals surface area contributed by atoms with Crippen LogP contribution in [0.4, 0.5) is 13.2 Å². The molecule has 20 heavy (non-hydrogen) atoms. The van der Waals surface area contributed by atoms with Crippen LogP contribution in [-0.2, 0) is 6.54 Å². The molecule has 0 aliphatic heterocycles. The van der Waals surface area contributed by atoms with Crippen LogP contribution in [0.3, 0.4) is 0 Å². The fraction of sp³-hybridized carbons (Fsp3) is 0.0714. The van der Waals surface area contributed by atoms with Crippen LogP contribution < -0.4 is 5.32 Å². The fourth-order valence-corrected chi connectivity index (χ4v) is 1.59. The molecule has 0 aliphatic carbocycles. The molecule has 0 radical (unpaired) electrons. The molecule has 0 unspecified atom stereocenters. The van der Waals surface area contributed by atoms with Crippen molar-refractivity contribution in [1.82, 2.24) is 5.32 Å². The zero-order chi connectivity index (χ0) is 14.7. The van der Waals surface area contributed by atoms with Crippen molar-refractivity contribution in [3.05, 3.63) is 65.0 Å². The average molecular weight is 281 g/mol. The second kappa shape index (κ2) is 5.64. The summed E-state index contributed by atoms with van der Waals surface area (Å²) in [4.78, 5) is 11.7. The molecule has 0 aromatic heterocycles. The minimum atomic E-state index is -1.68. The Morgan fingerprint density at radius 2 is 1.65 bits per heavy atom. The van der Waals surface area contributed by atoms with Crippen molar-refractivity contribution in [2.45, 2.75) is 6.54 Å². The van der Waals surface area contributed by atoms with E-state index < -0.39 is 28.9 Å². The summed E-state index contributed by atoms with van der Waals surface area (Å²) in [6.07, 6.45) is 0. The molecule has 3 nitrogen and oxygen atoms in total. The van der Waals surface area contributed by atoms with E-state index in [1.165, 1.54) is 12.1 Å². The van der Waals surface area contributed by atoms with Gasteiger partial charge in [-0.3, -0.25) is 4.79 Å². The van der Waals surface area contributed by atoms with Crippen molar-refractivity contribution in [3.63, 3.8) is 0 Å². The summed E-state index contributed by atoms with van der Waals surface area (Å²) >= 11 is 0. The molecular weight excluding hydrogens is 271 g/mol. The number of amides is 1. The van der Waals surface area contributed by atoms with Crippen LogP contribution in [0.2, 0.25) is 0 Å². The molecule has 0 bridgehead atoms. The predicted octanol–water partition coefficient (Wildman–Crippen LogP) is 2.74. The Kier molecular flexibility index (Phi) is 3.93. The van der Waals surface area contributed by atoms with E-state index >= 15 is 0 Å². The molecule has 0 spiro atoms. The summed E-state index contributed by atoms with van der Waals surface area (Å²) in [5.74, 6) is -5.32. The van der Waals surface area contributed by atoms with Crippen molar-refractivity contribution in [2.24, 2.45) is 0 Å². The van der Waals surface area contributed by atoms with E-state index in [0.717, 1.165) is 6.07 Å². The summed E-state index contributed by atoms with van der Waals surface area (Å²) in [6, 6.07) is 7.56. The molecule has 2 aromatic rings.